The van der Waals surface area contributed by atoms with Gasteiger partial charge in [0.1, 0.15) is 0 Å². The first-order chi connectivity index (χ1) is 9.65. The lowest BCUT2D eigenvalue weighted by Crippen LogP contribution is -2.15. The van der Waals surface area contributed by atoms with E-state index in [0.29, 0.717) is 31.3 Å². The van der Waals surface area contributed by atoms with E-state index in [9.17, 15) is 4.79 Å². The Balaban J connectivity index is 1.85. The molecule has 20 heavy (non-hydrogen) atoms. The van der Waals surface area contributed by atoms with E-state index in [0.717, 1.165) is 11.1 Å². The van der Waals surface area contributed by atoms with Crippen LogP contribution in [0.1, 0.15) is 24.3 Å². The summed E-state index contributed by atoms with van der Waals surface area (Å²) in [4.78, 5) is 10.4. The number of benzene rings is 1. The molecular formula is C14H17N3O3. The highest BCUT2D eigenvalue weighted by Gasteiger charge is 2.08. The molecule has 0 bridgehead atoms. The summed E-state index contributed by atoms with van der Waals surface area (Å²) in [5.41, 5.74) is 2.03. The van der Waals surface area contributed by atoms with Gasteiger partial charge in [-0.1, -0.05) is 17.7 Å². The smallest absolute Gasteiger partial charge is 0.303 e. The zero-order chi connectivity index (χ0) is 14.4. The molecular weight excluding hydrogens is 258 g/mol. The van der Waals surface area contributed by atoms with Gasteiger partial charge in [0.25, 0.3) is 0 Å². The Morgan fingerprint density at radius 2 is 2.25 bits per heavy atom. The highest BCUT2D eigenvalue weighted by Crippen LogP contribution is 2.18. The lowest BCUT2D eigenvalue weighted by Gasteiger charge is -1.99. The molecule has 0 amide bonds. The van der Waals surface area contributed by atoms with Crippen LogP contribution in [0.5, 0.6) is 0 Å². The molecule has 6 heteroatoms. The molecule has 0 atom stereocenters. The van der Waals surface area contributed by atoms with Crippen LogP contribution in [0, 0.1) is 6.92 Å². The number of aliphatic carboxylic acids is 1. The van der Waals surface area contributed by atoms with Crippen LogP contribution in [-0.4, -0.2) is 27.8 Å². The molecule has 0 fully saturated rings. The van der Waals surface area contributed by atoms with Crippen molar-refractivity contribution in [3.05, 3.63) is 35.7 Å². The minimum Gasteiger partial charge on any atom is -0.481 e. The highest BCUT2D eigenvalue weighted by atomic mass is 16.4. The van der Waals surface area contributed by atoms with Crippen LogP contribution in [0.3, 0.4) is 0 Å². The normalized spacial score (nSPS) is 10.7. The number of nitrogens with zero attached hydrogens (tertiary/aromatic N) is 2. The topological polar surface area (TPSA) is 88.2 Å². The van der Waals surface area contributed by atoms with Gasteiger partial charge >= 0.3 is 5.97 Å². The van der Waals surface area contributed by atoms with Gasteiger partial charge in [-0.05, 0) is 32.0 Å². The second-order valence-electron chi connectivity index (χ2n) is 4.54. The summed E-state index contributed by atoms with van der Waals surface area (Å²) in [5.74, 6) is 0.208. The Morgan fingerprint density at radius 3 is 3.00 bits per heavy atom. The number of carboxylic acid groups (broad SMARTS) is 1. The molecule has 106 valence electrons. The molecule has 0 aliphatic rings. The number of carboxylic acids is 1. The number of aromatic nitrogens is 2. The van der Waals surface area contributed by atoms with E-state index in [-0.39, 0.29) is 6.42 Å². The summed E-state index contributed by atoms with van der Waals surface area (Å²) in [5, 5.41) is 19.5. The van der Waals surface area contributed by atoms with Crippen LogP contribution in [0.15, 0.2) is 28.7 Å². The Labute approximate surface area is 116 Å². The van der Waals surface area contributed by atoms with E-state index in [1.165, 1.54) is 0 Å². The van der Waals surface area contributed by atoms with Crippen LogP contribution in [0.25, 0.3) is 11.5 Å². The van der Waals surface area contributed by atoms with Gasteiger partial charge < -0.3 is 14.8 Å². The van der Waals surface area contributed by atoms with Gasteiger partial charge in [0.05, 0.1) is 6.54 Å². The molecule has 0 radical (unpaired) electrons. The predicted molar refractivity (Wildman–Crippen MR) is 73.0 cm³/mol. The summed E-state index contributed by atoms with van der Waals surface area (Å²) in [6, 6.07) is 7.85. The lowest BCUT2D eigenvalue weighted by molar-refractivity contribution is -0.137. The zero-order valence-electron chi connectivity index (χ0n) is 11.3. The van der Waals surface area contributed by atoms with E-state index < -0.39 is 5.97 Å². The second-order valence-corrected chi connectivity index (χ2v) is 4.54. The van der Waals surface area contributed by atoms with Gasteiger partial charge in [0, 0.05) is 12.0 Å². The van der Waals surface area contributed by atoms with Gasteiger partial charge in [0.2, 0.25) is 11.8 Å². The first-order valence-electron chi connectivity index (χ1n) is 6.47. The van der Waals surface area contributed by atoms with E-state index in [1.807, 2.05) is 31.2 Å². The Hall–Kier alpha value is -2.21. The summed E-state index contributed by atoms with van der Waals surface area (Å²) in [6.07, 6.45) is 0.736. The van der Waals surface area contributed by atoms with E-state index >= 15 is 0 Å². The maximum Gasteiger partial charge on any atom is 0.303 e. The van der Waals surface area contributed by atoms with Crippen LogP contribution in [0.4, 0.5) is 0 Å². The van der Waals surface area contributed by atoms with Crippen LogP contribution in [0.2, 0.25) is 0 Å². The average Bonchev–Trinajstić information content (AvgIpc) is 2.87. The Bertz CT molecular complexity index is 581. The van der Waals surface area contributed by atoms with Crippen molar-refractivity contribution < 1.29 is 14.3 Å². The highest BCUT2D eigenvalue weighted by molar-refractivity contribution is 5.66. The molecule has 0 saturated heterocycles. The van der Waals surface area contributed by atoms with Crippen molar-refractivity contribution in [3.63, 3.8) is 0 Å². The molecule has 0 unspecified atom stereocenters. The largest absolute Gasteiger partial charge is 0.481 e. The van der Waals surface area contributed by atoms with Gasteiger partial charge in [-0.15, -0.1) is 10.2 Å². The molecule has 1 aromatic heterocycles. The lowest BCUT2D eigenvalue weighted by atomic mass is 10.1. The van der Waals surface area contributed by atoms with Crippen molar-refractivity contribution >= 4 is 5.97 Å². The first-order valence-corrected chi connectivity index (χ1v) is 6.47. The SMILES string of the molecule is Cc1cccc(-c2nnc(CNCCCC(=O)O)o2)c1. The summed E-state index contributed by atoms with van der Waals surface area (Å²) in [6.45, 7) is 3.05. The maximum atomic E-state index is 10.4. The van der Waals surface area contributed by atoms with Crippen LogP contribution >= 0.6 is 0 Å². The fourth-order valence-electron chi connectivity index (χ4n) is 1.78. The first kappa shape index (κ1) is 14.2. The monoisotopic (exact) mass is 275 g/mol. The van der Waals surface area contributed by atoms with Crippen molar-refractivity contribution in [1.82, 2.24) is 15.5 Å². The number of hydrogen-bond acceptors (Lipinski definition) is 5. The molecule has 2 rings (SSSR count). The Morgan fingerprint density at radius 1 is 1.40 bits per heavy atom. The number of carbonyl (C=O) groups is 1. The number of rotatable bonds is 7. The minimum atomic E-state index is -0.786. The van der Waals surface area contributed by atoms with Crippen molar-refractivity contribution in [2.24, 2.45) is 0 Å². The average molecular weight is 275 g/mol. The quantitative estimate of drug-likeness (QED) is 0.751. The second kappa shape index (κ2) is 6.81. The van der Waals surface area contributed by atoms with Gasteiger partial charge in [-0.2, -0.15) is 0 Å². The molecule has 2 aromatic rings. The van der Waals surface area contributed by atoms with Gasteiger partial charge in [0.15, 0.2) is 0 Å². The molecule has 2 N–H and O–H groups in total. The summed E-state index contributed by atoms with van der Waals surface area (Å²) >= 11 is 0. The van der Waals surface area contributed by atoms with Crippen molar-refractivity contribution in [2.45, 2.75) is 26.3 Å². The molecule has 0 saturated carbocycles. The fraction of sp³-hybridized carbons (Fsp3) is 0.357. The van der Waals surface area contributed by atoms with Crippen molar-refractivity contribution in [2.75, 3.05) is 6.54 Å². The van der Waals surface area contributed by atoms with E-state index in [4.69, 9.17) is 9.52 Å². The molecule has 0 aliphatic carbocycles. The standard InChI is InChI=1S/C14H17N3O3/c1-10-4-2-5-11(8-10)14-17-16-12(20-14)9-15-7-3-6-13(18)19/h2,4-5,8,15H,3,6-7,9H2,1H3,(H,18,19). The van der Waals surface area contributed by atoms with Crippen molar-refractivity contribution in [1.29, 1.82) is 0 Å². The predicted octanol–water partition coefficient (Wildman–Crippen LogP) is 2.00. The third-order valence-corrected chi connectivity index (χ3v) is 2.75. The van der Waals surface area contributed by atoms with Gasteiger partial charge in [-0.25, -0.2) is 0 Å². The fourth-order valence-corrected chi connectivity index (χ4v) is 1.78. The van der Waals surface area contributed by atoms with Crippen LogP contribution in [-0.2, 0) is 11.3 Å². The molecule has 1 heterocycles. The van der Waals surface area contributed by atoms with Crippen LogP contribution < -0.4 is 5.32 Å². The zero-order valence-corrected chi connectivity index (χ0v) is 11.3. The number of aryl methyl sites for hydroxylation is 1. The van der Waals surface area contributed by atoms with E-state index in [2.05, 4.69) is 15.5 Å². The minimum absolute atomic E-state index is 0.158. The number of hydrogen-bond donors (Lipinski definition) is 2. The Kier molecular flexibility index (Phi) is 4.84. The molecule has 6 nitrogen and oxygen atoms in total. The molecule has 0 aliphatic heterocycles. The third-order valence-electron chi connectivity index (χ3n) is 2.75. The van der Waals surface area contributed by atoms with Crippen molar-refractivity contribution in [3.8, 4) is 11.5 Å². The molecule has 1 aromatic carbocycles. The maximum absolute atomic E-state index is 10.4. The van der Waals surface area contributed by atoms with Gasteiger partial charge in [-0.3, -0.25) is 4.79 Å². The van der Waals surface area contributed by atoms with E-state index in [1.54, 1.807) is 0 Å². The molecule has 0 spiro atoms. The third kappa shape index (κ3) is 4.17. The summed E-state index contributed by atoms with van der Waals surface area (Å²) < 4.78 is 5.55. The summed E-state index contributed by atoms with van der Waals surface area (Å²) in [7, 11) is 0. The number of nitrogens with one attached hydrogen (secondary N) is 1.